The quantitative estimate of drug-likeness (QED) is 0.306. The summed E-state index contributed by atoms with van der Waals surface area (Å²) in [6, 6.07) is 13.1. The average Bonchev–Trinajstić information content (AvgIpc) is 3.24. The molecule has 0 unspecified atom stereocenters. The van der Waals surface area contributed by atoms with E-state index in [1.165, 1.54) is 16.1 Å². The molecule has 1 fully saturated rings. The molecule has 2 aromatic carbocycles. The van der Waals surface area contributed by atoms with Crippen LogP contribution in [0.1, 0.15) is 12.7 Å². The Hall–Kier alpha value is -2.73. The van der Waals surface area contributed by atoms with Crippen LogP contribution in [0, 0.1) is 0 Å². The molecule has 1 aliphatic heterocycles. The first-order valence-corrected chi connectivity index (χ1v) is 13.6. The van der Waals surface area contributed by atoms with Crippen molar-refractivity contribution in [2.75, 3.05) is 38.7 Å². The van der Waals surface area contributed by atoms with E-state index < -0.39 is 10.0 Å². The van der Waals surface area contributed by atoms with Gasteiger partial charge in [-0.25, -0.2) is 23.4 Å². The Balaban J connectivity index is 1.44. The summed E-state index contributed by atoms with van der Waals surface area (Å²) in [5.74, 6) is 2.21. The number of nitrogens with zero attached hydrogens (tertiary/aromatic N) is 5. The summed E-state index contributed by atoms with van der Waals surface area (Å²) >= 11 is 1.51. The number of hydrogen-bond donors (Lipinski definition) is 1. The Morgan fingerprint density at radius 3 is 2.62 bits per heavy atom. The van der Waals surface area contributed by atoms with Gasteiger partial charge in [0.05, 0.1) is 40.4 Å². The number of fused-ring (bicyclic) bond motifs is 2. The predicted octanol–water partition coefficient (Wildman–Crippen LogP) is 3.35. The molecule has 11 heteroatoms. The van der Waals surface area contributed by atoms with E-state index in [2.05, 4.69) is 26.8 Å². The first-order valence-electron chi connectivity index (χ1n) is 11.2. The number of sulfonamides is 1. The van der Waals surface area contributed by atoms with Crippen molar-refractivity contribution < 1.29 is 13.2 Å². The lowest BCUT2D eigenvalue weighted by molar-refractivity contribution is 0.0730. The smallest absolute Gasteiger partial charge is 0.243 e. The van der Waals surface area contributed by atoms with Crippen LogP contribution in [0.3, 0.4) is 0 Å². The lowest BCUT2D eigenvalue weighted by Gasteiger charge is -2.26. The predicted molar refractivity (Wildman–Crippen MR) is 134 cm³/mol. The summed E-state index contributed by atoms with van der Waals surface area (Å²) in [5, 5.41) is 4.78. The summed E-state index contributed by atoms with van der Waals surface area (Å²) in [6.45, 7) is 4.35. The van der Waals surface area contributed by atoms with Gasteiger partial charge in [-0.05, 0) is 37.3 Å². The highest BCUT2D eigenvalue weighted by Crippen LogP contribution is 2.28. The number of ether oxygens (including phenoxy) is 1. The van der Waals surface area contributed by atoms with Crippen LogP contribution >= 0.6 is 11.8 Å². The van der Waals surface area contributed by atoms with Crippen LogP contribution in [0.25, 0.3) is 21.9 Å². The number of nitrogens with one attached hydrogen (secondary N) is 1. The van der Waals surface area contributed by atoms with Gasteiger partial charge in [0.1, 0.15) is 11.6 Å². The highest BCUT2D eigenvalue weighted by Gasteiger charge is 2.27. The van der Waals surface area contributed by atoms with Gasteiger partial charge in [0.15, 0.2) is 5.16 Å². The monoisotopic (exact) mass is 498 g/mol. The van der Waals surface area contributed by atoms with Crippen molar-refractivity contribution in [1.82, 2.24) is 23.8 Å². The van der Waals surface area contributed by atoms with Crippen LogP contribution in [0.5, 0.6) is 0 Å². The van der Waals surface area contributed by atoms with Crippen molar-refractivity contribution in [3.63, 3.8) is 0 Å². The van der Waals surface area contributed by atoms with Gasteiger partial charge in [-0.15, -0.1) is 0 Å². The van der Waals surface area contributed by atoms with Gasteiger partial charge in [-0.3, -0.25) is 0 Å². The molecule has 1 saturated heterocycles. The van der Waals surface area contributed by atoms with E-state index in [0.29, 0.717) is 42.7 Å². The normalized spacial score (nSPS) is 15.2. The lowest BCUT2D eigenvalue weighted by atomic mass is 10.2. The zero-order valence-electron chi connectivity index (χ0n) is 19.1. The molecule has 0 saturated carbocycles. The number of para-hydroxylation sites is 1. The van der Waals surface area contributed by atoms with Gasteiger partial charge < -0.3 is 14.6 Å². The number of benzene rings is 2. The van der Waals surface area contributed by atoms with E-state index >= 15 is 0 Å². The van der Waals surface area contributed by atoms with E-state index in [1.807, 2.05) is 37.4 Å². The fourth-order valence-electron chi connectivity index (χ4n) is 4.16. The topological polar surface area (TPSA) is 102 Å². The van der Waals surface area contributed by atoms with Crippen LogP contribution in [0.4, 0.5) is 5.82 Å². The minimum atomic E-state index is -3.58. The van der Waals surface area contributed by atoms with Crippen LogP contribution in [0.2, 0.25) is 0 Å². The van der Waals surface area contributed by atoms with Crippen molar-refractivity contribution in [2.45, 2.75) is 29.3 Å². The number of hydrogen-bond acceptors (Lipinski definition) is 8. The molecule has 0 atom stereocenters. The molecule has 0 bridgehead atoms. The van der Waals surface area contributed by atoms with Crippen LogP contribution in [-0.2, 0) is 27.1 Å². The maximum Gasteiger partial charge on any atom is 0.243 e. The second kappa shape index (κ2) is 9.49. The van der Waals surface area contributed by atoms with Gasteiger partial charge in [-0.1, -0.05) is 23.9 Å². The Bertz CT molecular complexity index is 1450. The van der Waals surface area contributed by atoms with E-state index in [1.54, 1.807) is 12.1 Å². The van der Waals surface area contributed by atoms with Crippen molar-refractivity contribution in [2.24, 2.45) is 0 Å². The van der Waals surface area contributed by atoms with Crippen LogP contribution in [-0.4, -0.2) is 65.6 Å². The Kier molecular flexibility index (Phi) is 6.43. The van der Waals surface area contributed by atoms with E-state index in [-0.39, 0.29) is 4.90 Å². The van der Waals surface area contributed by atoms with Gasteiger partial charge in [0, 0.05) is 32.1 Å². The maximum atomic E-state index is 13.1. The van der Waals surface area contributed by atoms with Crippen molar-refractivity contribution in [3.8, 4) is 0 Å². The standard InChI is InChI=1S/C23H26N6O3S2/c1-3-29-20-9-8-16(34(30,31)28-10-12-32-13-11-28)14-19(20)25-21(29)15-33-23-26-18-7-5-4-6-17(18)22(24-2)27-23/h4-9,14H,3,10-13,15H2,1-2H3,(H,24,26,27). The molecule has 5 rings (SSSR count). The molecule has 0 radical (unpaired) electrons. The number of morpholine rings is 1. The number of rotatable bonds is 7. The summed E-state index contributed by atoms with van der Waals surface area (Å²) in [7, 11) is -1.73. The number of imidazole rings is 1. The third-order valence-electron chi connectivity index (χ3n) is 5.87. The van der Waals surface area contributed by atoms with Crippen LogP contribution in [0.15, 0.2) is 52.5 Å². The SMILES string of the molecule is CCn1c(CSc2nc(NC)c3ccccc3n2)nc2cc(S(=O)(=O)N3CCOCC3)ccc21. The largest absolute Gasteiger partial charge is 0.379 e. The van der Waals surface area contributed by atoms with Crippen LogP contribution < -0.4 is 5.32 Å². The molecule has 4 aromatic rings. The Morgan fingerprint density at radius 1 is 1.06 bits per heavy atom. The van der Waals surface area contributed by atoms with E-state index in [9.17, 15) is 8.42 Å². The first-order chi connectivity index (χ1) is 16.5. The minimum absolute atomic E-state index is 0.262. The number of thioether (sulfide) groups is 1. The zero-order chi connectivity index (χ0) is 23.7. The Labute approximate surface area is 202 Å². The van der Waals surface area contributed by atoms with Crippen molar-refractivity contribution >= 4 is 49.5 Å². The molecule has 0 spiro atoms. The lowest BCUT2D eigenvalue weighted by Crippen LogP contribution is -2.40. The fourth-order valence-corrected chi connectivity index (χ4v) is 6.38. The van der Waals surface area contributed by atoms with Crippen molar-refractivity contribution in [1.29, 1.82) is 0 Å². The second-order valence-corrected chi connectivity index (χ2v) is 10.7. The van der Waals surface area contributed by atoms with Crippen molar-refractivity contribution in [3.05, 3.63) is 48.3 Å². The second-order valence-electron chi connectivity index (χ2n) is 7.85. The number of anilines is 1. The Morgan fingerprint density at radius 2 is 1.85 bits per heavy atom. The molecular weight excluding hydrogens is 472 g/mol. The van der Waals surface area contributed by atoms with Gasteiger partial charge >= 0.3 is 0 Å². The van der Waals surface area contributed by atoms with Gasteiger partial charge in [0.2, 0.25) is 10.0 Å². The van der Waals surface area contributed by atoms with Gasteiger partial charge in [0.25, 0.3) is 0 Å². The fraction of sp³-hybridized carbons (Fsp3) is 0.348. The third kappa shape index (κ3) is 4.24. The summed E-state index contributed by atoms with van der Waals surface area (Å²) in [4.78, 5) is 14.4. The molecule has 9 nitrogen and oxygen atoms in total. The zero-order valence-corrected chi connectivity index (χ0v) is 20.7. The highest BCUT2D eigenvalue weighted by atomic mass is 32.2. The number of aryl methyl sites for hydroxylation is 1. The summed E-state index contributed by atoms with van der Waals surface area (Å²) in [6.07, 6.45) is 0. The van der Waals surface area contributed by atoms with E-state index in [4.69, 9.17) is 9.72 Å². The average molecular weight is 499 g/mol. The molecule has 0 amide bonds. The summed E-state index contributed by atoms with van der Waals surface area (Å²) < 4.78 is 35.0. The highest BCUT2D eigenvalue weighted by molar-refractivity contribution is 7.98. The maximum absolute atomic E-state index is 13.1. The molecule has 178 valence electrons. The molecule has 0 aliphatic carbocycles. The number of aromatic nitrogens is 4. The van der Waals surface area contributed by atoms with Gasteiger partial charge in [-0.2, -0.15) is 4.31 Å². The first kappa shape index (κ1) is 23.0. The summed E-state index contributed by atoms with van der Waals surface area (Å²) in [5.41, 5.74) is 2.46. The minimum Gasteiger partial charge on any atom is -0.379 e. The molecule has 34 heavy (non-hydrogen) atoms. The molecule has 1 aliphatic rings. The third-order valence-corrected chi connectivity index (χ3v) is 8.61. The molecule has 3 heterocycles. The molecular formula is C23H26N6O3S2. The molecule has 2 aromatic heterocycles. The molecule has 1 N–H and O–H groups in total. The van der Waals surface area contributed by atoms with E-state index in [0.717, 1.165) is 34.6 Å².